The summed E-state index contributed by atoms with van der Waals surface area (Å²) in [5.41, 5.74) is 7.45. The molecule has 112 valence electrons. The molecule has 0 heterocycles. The van der Waals surface area contributed by atoms with E-state index in [2.05, 4.69) is 0 Å². The summed E-state index contributed by atoms with van der Waals surface area (Å²) in [5, 5.41) is 0. The van der Waals surface area contributed by atoms with E-state index in [9.17, 15) is 4.39 Å². The van der Waals surface area contributed by atoms with Crippen LogP contribution >= 0.6 is 0 Å². The molecule has 2 aromatic carbocycles. The van der Waals surface area contributed by atoms with E-state index in [1.54, 1.807) is 13.2 Å². The van der Waals surface area contributed by atoms with Crippen LogP contribution in [0.25, 0.3) is 0 Å². The quantitative estimate of drug-likeness (QED) is 0.887. The van der Waals surface area contributed by atoms with Gasteiger partial charge in [-0.3, -0.25) is 0 Å². The number of halogens is 1. The predicted molar refractivity (Wildman–Crippen MR) is 81.1 cm³/mol. The highest BCUT2D eigenvalue weighted by atomic mass is 19.1. The highest BCUT2D eigenvalue weighted by Crippen LogP contribution is 2.26. The first-order chi connectivity index (χ1) is 10.1. The molecule has 0 saturated carbocycles. The number of nitrogens with two attached hydrogens (primary N) is 1. The lowest BCUT2D eigenvalue weighted by atomic mass is 10.1. The van der Waals surface area contributed by atoms with Crippen molar-refractivity contribution in [1.29, 1.82) is 0 Å². The van der Waals surface area contributed by atoms with Gasteiger partial charge in [0.1, 0.15) is 12.4 Å². The summed E-state index contributed by atoms with van der Waals surface area (Å²) in [7, 11) is 1.60. The molecule has 0 aliphatic carbocycles. The van der Waals surface area contributed by atoms with Gasteiger partial charge in [-0.15, -0.1) is 0 Å². The van der Waals surface area contributed by atoms with Crippen LogP contribution in [0, 0.1) is 5.82 Å². The van der Waals surface area contributed by atoms with Crippen LogP contribution in [0.3, 0.4) is 0 Å². The second kappa shape index (κ2) is 7.09. The average molecular weight is 289 g/mol. The first-order valence-corrected chi connectivity index (χ1v) is 6.89. The maximum absolute atomic E-state index is 14.0. The fourth-order valence-corrected chi connectivity index (χ4v) is 2.19. The molecule has 3 nitrogen and oxygen atoms in total. The van der Waals surface area contributed by atoms with E-state index in [0.29, 0.717) is 6.42 Å². The zero-order valence-electron chi connectivity index (χ0n) is 12.3. The van der Waals surface area contributed by atoms with Crippen LogP contribution in [0.2, 0.25) is 0 Å². The van der Waals surface area contributed by atoms with Gasteiger partial charge in [-0.05, 0) is 31.0 Å². The van der Waals surface area contributed by atoms with Crippen molar-refractivity contribution in [1.82, 2.24) is 0 Å². The van der Waals surface area contributed by atoms with Crippen molar-refractivity contribution in [3.05, 3.63) is 59.4 Å². The van der Waals surface area contributed by atoms with Gasteiger partial charge in [-0.2, -0.15) is 0 Å². The maximum atomic E-state index is 14.0. The smallest absolute Gasteiger partial charge is 0.165 e. The lowest BCUT2D eigenvalue weighted by molar-refractivity contribution is 0.279. The Bertz CT molecular complexity index is 599. The standard InChI is InChI=1S/C17H20FNO2/c1-12(19)10-13-7-5-8-15(18)17(13)21-11-14-6-3-4-9-16(14)20-2/h3-9,12H,10-11,19H2,1-2H3. The van der Waals surface area contributed by atoms with Crippen molar-refractivity contribution in [2.24, 2.45) is 5.73 Å². The van der Waals surface area contributed by atoms with Crippen molar-refractivity contribution in [3.8, 4) is 11.5 Å². The molecule has 0 radical (unpaired) electrons. The molecule has 0 amide bonds. The molecule has 2 rings (SSSR count). The zero-order chi connectivity index (χ0) is 15.2. The van der Waals surface area contributed by atoms with E-state index in [4.69, 9.17) is 15.2 Å². The molecule has 1 atom stereocenters. The lowest BCUT2D eigenvalue weighted by Gasteiger charge is -2.15. The summed E-state index contributed by atoms with van der Waals surface area (Å²) in [6, 6.07) is 12.4. The zero-order valence-corrected chi connectivity index (χ0v) is 12.3. The second-order valence-electron chi connectivity index (χ2n) is 5.01. The molecule has 2 aromatic rings. The first kappa shape index (κ1) is 15.3. The molecule has 2 N–H and O–H groups in total. The van der Waals surface area contributed by atoms with Gasteiger partial charge in [0.25, 0.3) is 0 Å². The topological polar surface area (TPSA) is 44.5 Å². The third-order valence-electron chi connectivity index (χ3n) is 3.15. The Balaban J connectivity index is 2.19. The van der Waals surface area contributed by atoms with Crippen molar-refractivity contribution in [2.75, 3.05) is 7.11 Å². The lowest BCUT2D eigenvalue weighted by Crippen LogP contribution is -2.18. The Hall–Kier alpha value is -2.07. The van der Waals surface area contributed by atoms with Crippen molar-refractivity contribution >= 4 is 0 Å². The van der Waals surface area contributed by atoms with Gasteiger partial charge in [0, 0.05) is 11.6 Å². The first-order valence-electron chi connectivity index (χ1n) is 6.89. The second-order valence-corrected chi connectivity index (χ2v) is 5.01. The fraction of sp³-hybridized carbons (Fsp3) is 0.294. The summed E-state index contributed by atoms with van der Waals surface area (Å²) in [5.74, 6) is 0.617. The summed E-state index contributed by atoms with van der Waals surface area (Å²) >= 11 is 0. The molecule has 1 unspecified atom stereocenters. The van der Waals surface area contributed by atoms with Crippen LogP contribution in [0.5, 0.6) is 11.5 Å². The number of para-hydroxylation sites is 2. The van der Waals surface area contributed by atoms with E-state index < -0.39 is 0 Å². The number of rotatable bonds is 6. The van der Waals surface area contributed by atoms with Crippen LogP contribution in [0.4, 0.5) is 4.39 Å². The summed E-state index contributed by atoms with van der Waals surface area (Å²) in [6.07, 6.45) is 0.568. The van der Waals surface area contributed by atoms with E-state index in [-0.39, 0.29) is 24.2 Å². The molecule has 0 aliphatic heterocycles. The molecule has 0 saturated heterocycles. The third-order valence-corrected chi connectivity index (χ3v) is 3.15. The largest absolute Gasteiger partial charge is 0.496 e. The number of methoxy groups -OCH3 is 1. The van der Waals surface area contributed by atoms with Crippen LogP contribution in [-0.4, -0.2) is 13.2 Å². The monoisotopic (exact) mass is 289 g/mol. The highest BCUT2D eigenvalue weighted by molar-refractivity contribution is 5.37. The molecule has 0 aliphatic rings. The van der Waals surface area contributed by atoms with E-state index in [0.717, 1.165) is 16.9 Å². The minimum absolute atomic E-state index is 0.0552. The summed E-state index contributed by atoms with van der Waals surface area (Å²) in [4.78, 5) is 0. The van der Waals surface area contributed by atoms with Gasteiger partial charge in [0.2, 0.25) is 0 Å². The van der Waals surface area contributed by atoms with Gasteiger partial charge in [0.15, 0.2) is 11.6 Å². The molecule has 0 fully saturated rings. The number of hydrogen-bond acceptors (Lipinski definition) is 3. The molecule has 0 bridgehead atoms. The summed E-state index contributed by atoms with van der Waals surface area (Å²) in [6.45, 7) is 2.13. The predicted octanol–water partition coefficient (Wildman–Crippen LogP) is 3.30. The van der Waals surface area contributed by atoms with E-state index >= 15 is 0 Å². The minimum Gasteiger partial charge on any atom is -0.496 e. The Kier molecular flexibility index (Phi) is 5.17. The SMILES string of the molecule is COc1ccccc1COc1c(F)cccc1CC(C)N. The van der Waals surface area contributed by atoms with Crippen LogP contribution in [-0.2, 0) is 13.0 Å². The Morgan fingerprint density at radius 2 is 1.81 bits per heavy atom. The number of hydrogen-bond donors (Lipinski definition) is 1. The van der Waals surface area contributed by atoms with E-state index in [1.165, 1.54) is 6.07 Å². The number of benzene rings is 2. The van der Waals surface area contributed by atoms with Gasteiger partial charge in [-0.25, -0.2) is 4.39 Å². The molecular weight excluding hydrogens is 269 g/mol. The maximum Gasteiger partial charge on any atom is 0.165 e. The molecule has 0 spiro atoms. The van der Waals surface area contributed by atoms with Gasteiger partial charge >= 0.3 is 0 Å². The van der Waals surface area contributed by atoms with Crippen molar-refractivity contribution in [2.45, 2.75) is 26.0 Å². The van der Waals surface area contributed by atoms with Crippen molar-refractivity contribution < 1.29 is 13.9 Å². The fourth-order valence-electron chi connectivity index (χ4n) is 2.19. The Morgan fingerprint density at radius 3 is 2.52 bits per heavy atom. The van der Waals surface area contributed by atoms with Crippen molar-refractivity contribution in [3.63, 3.8) is 0 Å². The third kappa shape index (κ3) is 3.95. The van der Waals surface area contributed by atoms with Crippen LogP contribution in [0.1, 0.15) is 18.1 Å². The number of ether oxygens (including phenoxy) is 2. The van der Waals surface area contributed by atoms with E-state index in [1.807, 2.05) is 37.3 Å². The van der Waals surface area contributed by atoms with Gasteiger partial charge in [0.05, 0.1) is 7.11 Å². The van der Waals surface area contributed by atoms with Gasteiger partial charge < -0.3 is 15.2 Å². The molecule has 4 heteroatoms. The van der Waals surface area contributed by atoms with Crippen LogP contribution in [0.15, 0.2) is 42.5 Å². The summed E-state index contributed by atoms with van der Waals surface area (Å²) < 4.78 is 24.9. The minimum atomic E-state index is -0.372. The van der Waals surface area contributed by atoms with Crippen LogP contribution < -0.4 is 15.2 Å². The Labute approximate surface area is 124 Å². The van der Waals surface area contributed by atoms with Gasteiger partial charge in [-0.1, -0.05) is 30.3 Å². The Morgan fingerprint density at radius 1 is 1.10 bits per heavy atom. The highest BCUT2D eigenvalue weighted by Gasteiger charge is 2.12. The molecule has 21 heavy (non-hydrogen) atoms. The normalized spacial score (nSPS) is 12.0. The molecular formula is C17H20FNO2. The average Bonchev–Trinajstić information content (AvgIpc) is 2.46. The molecule has 0 aromatic heterocycles.